The molecule has 0 spiro atoms. The van der Waals surface area contributed by atoms with Crippen molar-refractivity contribution in [1.29, 1.82) is 0 Å². The van der Waals surface area contributed by atoms with E-state index in [0.717, 1.165) is 5.56 Å². The Labute approximate surface area is 104 Å². The number of carbonyl (C=O) groups excluding carboxylic acids is 1. The Kier molecular flexibility index (Phi) is 3.35. The Morgan fingerprint density at radius 2 is 1.82 bits per heavy atom. The molecule has 1 N–H and O–H groups in total. The number of amides is 1. The number of aromatic nitrogens is 2. The minimum atomic E-state index is -0.257. The first-order chi connectivity index (χ1) is 8.16. The zero-order chi connectivity index (χ0) is 12.3. The topological polar surface area (TPSA) is 54.9 Å². The number of nitrogens with one attached hydrogen (secondary N) is 1. The molecule has 1 amide bonds. The van der Waals surface area contributed by atoms with E-state index in [2.05, 4.69) is 15.3 Å². The van der Waals surface area contributed by atoms with E-state index in [1.807, 2.05) is 19.1 Å². The van der Waals surface area contributed by atoms with Gasteiger partial charge in [0.05, 0.1) is 0 Å². The lowest BCUT2D eigenvalue weighted by Crippen LogP contribution is -2.13. The van der Waals surface area contributed by atoms with Crippen LogP contribution in [0.5, 0.6) is 0 Å². The summed E-state index contributed by atoms with van der Waals surface area (Å²) in [4.78, 5) is 19.6. The van der Waals surface area contributed by atoms with E-state index in [9.17, 15) is 4.79 Å². The molecular formula is C12H10ClN3O. The van der Waals surface area contributed by atoms with Crippen molar-refractivity contribution in [1.82, 2.24) is 9.97 Å². The molecule has 4 nitrogen and oxygen atoms in total. The Morgan fingerprint density at radius 1 is 1.18 bits per heavy atom. The number of rotatable bonds is 2. The normalized spacial score (nSPS) is 10.0. The van der Waals surface area contributed by atoms with Gasteiger partial charge in [-0.05, 0) is 19.1 Å². The third-order valence-electron chi connectivity index (χ3n) is 2.20. The second kappa shape index (κ2) is 4.93. The molecule has 86 valence electrons. The van der Waals surface area contributed by atoms with Crippen LogP contribution in [0.25, 0.3) is 0 Å². The summed E-state index contributed by atoms with van der Waals surface area (Å²) in [6.07, 6.45) is 2.93. The average Bonchev–Trinajstić information content (AvgIpc) is 2.33. The molecule has 0 aliphatic carbocycles. The number of carbonyl (C=O) groups is 1. The molecule has 0 fully saturated rings. The second-order valence-electron chi connectivity index (χ2n) is 3.52. The summed E-state index contributed by atoms with van der Waals surface area (Å²) in [5.74, 6) is 0.00661. The van der Waals surface area contributed by atoms with Crippen LogP contribution >= 0.6 is 11.6 Å². The Morgan fingerprint density at radius 3 is 2.47 bits per heavy atom. The van der Waals surface area contributed by atoms with Gasteiger partial charge in [-0.3, -0.25) is 4.79 Å². The van der Waals surface area contributed by atoms with Crippen molar-refractivity contribution >= 4 is 23.3 Å². The molecule has 2 rings (SSSR count). The van der Waals surface area contributed by atoms with Crippen molar-refractivity contribution in [3.63, 3.8) is 0 Å². The second-order valence-corrected chi connectivity index (χ2v) is 3.87. The van der Waals surface area contributed by atoms with Crippen LogP contribution in [0.1, 0.15) is 15.9 Å². The number of hydrogen-bond donors (Lipinski definition) is 1. The number of benzene rings is 1. The van der Waals surface area contributed by atoms with E-state index in [-0.39, 0.29) is 16.9 Å². The third-order valence-corrected chi connectivity index (χ3v) is 2.48. The molecule has 0 bridgehead atoms. The van der Waals surface area contributed by atoms with Gasteiger partial charge in [0.15, 0.2) is 11.0 Å². The summed E-state index contributed by atoms with van der Waals surface area (Å²) in [5.41, 5.74) is 1.65. The van der Waals surface area contributed by atoms with Crippen LogP contribution in [0.3, 0.4) is 0 Å². The molecule has 0 aliphatic heterocycles. The minimum absolute atomic E-state index is 0.174. The monoisotopic (exact) mass is 247 g/mol. The van der Waals surface area contributed by atoms with Gasteiger partial charge in [-0.1, -0.05) is 29.3 Å². The quantitative estimate of drug-likeness (QED) is 0.888. The van der Waals surface area contributed by atoms with Gasteiger partial charge in [0.2, 0.25) is 0 Å². The predicted molar refractivity (Wildman–Crippen MR) is 66.2 cm³/mol. The molecule has 1 heterocycles. The molecule has 1 aromatic carbocycles. The van der Waals surface area contributed by atoms with Crippen LogP contribution in [0.4, 0.5) is 5.82 Å². The maximum Gasteiger partial charge on any atom is 0.256 e. The van der Waals surface area contributed by atoms with Gasteiger partial charge in [0, 0.05) is 18.0 Å². The van der Waals surface area contributed by atoms with Crippen molar-refractivity contribution in [3.05, 3.63) is 52.9 Å². The highest BCUT2D eigenvalue weighted by molar-refractivity contribution is 6.32. The molecule has 0 unspecified atom stereocenters. The fourth-order valence-electron chi connectivity index (χ4n) is 1.29. The summed E-state index contributed by atoms with van der Waals surface area (Å²) in [6.45, 7) is 1.96. The number of aryl methyl sites for hydroxylation is 1. The van der Waals surface area contributed by atoms with Gasteiger partial charge in [-0.2, -0.15) is 0 Å². The van der Waals surface area contributed by atoms with Gasteiger partial charge in [-0.15, -0.1) is 0 Å². The molecule has 2 aromatic rings. The van der Waals surface area contributed by atoms with Crippen molar-refractivity contribution in [2.45, 2.75) is 6.92 Å². The maximum atomic E-state index is 11.8. The molecule has 0 aliphatic rings. The highest BCUT2D eigenvalue weighted by atomic mass is 35.5. The molecule has 1 aromatic heterocycles. The van der Waals surface area contributed by atoms with Gasteiger partial charge >= 0.3 is 0 Å². The zero-order valence-electron chi connectivity index (χ0n) is 9.14. The van der Waals surface area contributed by atoms with Crippen LogP contribution in [0.15, 0.2) is 36.7 Å². The molecule has 0 atom stereocenters. The maximum absolute atomic E-state index is 11.8. The van der Waals surface area contributed by atoms with E-state index in [1.54, 1.807) is 12.1 Å². The highest BCUT2D eigenvalue weighted by Crippen LogP contribution is 2.15. The average molecular weight is 248 g/mol. The third kappa shape index (κ3) is 2.79. The van der Waals surface area contributed by atoms with Gasteiger partial charge in [0.1, 0.15) is 0 Å². The van der Waals surface area contributed by atoms with E-state index >= 15 is 0 Å². The molecule has 17 heavy (non-hydrogen) atoms. The lowest BCUT2D eigenvalue weighted by atomic mass is 10.1. The van der Waals surface area contributed by atoms with Gasteiger partial charge in [0.25, 0.3) is 5.91 Å². The van der Waals surface area contributed by atoms with E-state index in [4.69, 9.17) is 11.6 Å². The number of nitrogens with zero attached hydrogens (tertiary/aromatic N) is 2. The van der Waals surface area contributed by atoms with Crippen LogP contribution in [0.2, 0.25) is 5.15 Å². The number of hydrogen-bond acceptors (Lipinski definition) is 3. The lowest BCUT2D eigenvalue weighted by Gasteiger charge is -2.05. The molecular weight excluding hydrogens is 238 g/mol. The fraction of sp³-hybridized carbons (Fsp3) is 0.0833. The van der Waals surface area contributed by atoms with Gasteiger partial charge in [-0.25, -0.2) is 9.97 Å². The largest absolute Gasteiger partial charge is 0.304 e. The molecule has 0 radical (unpaired) electrons. The fourth-order valence-corrected chi connectivity index (χ4v) is 1.44. The van der Waals surface area contributed by atoms with Gasteiger partial charge < -0.3 is 5.32 Å². The highest BCUT2D eigenvalue weighted by Gasteiger charge is 2.09. The minimum Gasteiger partial charge on any atom is -0.304 e. The van der Waals surface area contributed by atoms with E-state index in [1.165, 1.54) is 12.4 Å². The van der Waals surface area contributed by atoms with Crippen molar-refractivity contribution in [3.8, 4) is 0 Å². The van der Waals surface area contributed by atoms with E-state index in [0.29, 0.717) is 5.56 Å². The summed E-state index contributed by atoms with van der Waals surface area (Å²) in [7, 11) is 0. The zero-order valence-corrected chi connectivity index (χ0v) is 9.90. The van der Waals surface area contributed by atoms with Crippen LogP contribution < -0.4 is 5.32 Å². The summed E-state index contributed by atoms with van der Waals surface area (Å²) in [6, 6.07) is 7.23. The van der Waals surface area contributed by atoms with Crippen LogP contribution in [-0.2, 0) is 0 Å². The lowest BCUT2D eigenvalue weighted by molar-refractivity contribution is 0.102. The standard InChI is InChI=1S/C12H10ClN3O/c1-8-2-4-9(5-3-8)12(17)16-11-10(13)14-6-7-15-11/h2-7H,1H3,(H,15,16,17). The van der Waals surface area contributed by atoms with E-state index < -0.39 is 0 Å². The van der Waals surface area contributed by atoms with Crippen LogP contribution in [-0.4, -0.2) is 15.9 Å². The summed E-state index contributed by atoms with van der Waals surface area (Å²) < 4.78 is 0. The van der Waals surface area contributed by atoms with Crippen molar-refractivity contribution in [2.24, 2.45) is 0 Å². The first-order valence-corrected chi connectivity index (χ1v) is 5.39. The Bertz CT molecular complexity index is 540. The summed E-state index contributed by atoms with van der Waals surface area (Å²) >= 11 is 5.79. The van der Waals surface area contributed by atoms with Crippen molar-refractivity contribution in [2.75, 3.05) is 5.32 Å². The molecule has 0 saturated heterocycles. The Balaban J connectivity index is 2.17. The molecule has 5 heteroatoms. The summed E-state index contributed by atoms with van der Waals surface area (Å²) in [5, 5.41) is 2.78. The van der Waals surface area contributed by atoms with Crippen molar-refractivity contribution < 1.29 is 4.79 Å². The number of anilines is 1. The smallest absolute Gasteiger partial charge is 0.256 e. The number of halogens is 1. The molecule has 0 saturated carbocycles. The first kappa shape index (κ1) is 11.5. The Hall–Kier alpha value is -1.94. The first-order valence-electron chi connectivity index (χ1n) is 5.01. The SMILES string of the molecule is Cc1ccc(C(=O)Nc2nccnc2Cl)cc1. The van der Waals surface area contributed by atoms with Crippen LogP contribution in [0, 0.1) is 6.92 Å². The predicted octanol–water partition coefficient (Wildman–Crippen LogP) is 2.69.